The molecule has 1 N–H and O–H groups in total. The van der Waals surface area contributed by atoms with Gasteiger partial charge in [0.15, 0.2) is 5.65 Å². The highest BCUT2D eigenvalue weighted by Gasteiger charge is 2.27. The molecule has 0 atom stereocenters. The molecule has 1 aliphatic heterocycles. The molecule has 3 aromatic rings. The Morgan fingerprint density at radius 3 is 2.53 bits per heavy atom. The first-order valence-electron chi connectivity index (χ1n) is 12.0. The van der Waals surface area contributed by atoms with Crippen LogP contribution in [-0.2, 0) is 11.2 Å². The summed E-state index contributed by atoms with van der Waals surface area (Å²) in [5, 5.41) is 7.71. The number of fused-ring (bicyclic) bond motifs is 1. The van der Waals surface area contributed by atoms with Gasteiger partial charge in [-0.3, -0.25) is 9.59 Å². The third-order valence-electron chi connectivity index (χ3n) is 6.73. The summed E-state index contributed by atoms with van der Waals surface area (Å²) in [6, 6.07) is 9.85. The zero-order valence-corrected chi connectivity index (χ0v) is 20.3. The van der Waals surface area contributed by atoms with Crippen molar-refractivity contribution < 1.29 is 9.59 Å². The first kappa shape index (κ1) is 23.7. The number of hydrogen-bond acceptors (Lipinski definition) is 4. The predicted octanol–water partition coefficient (Wildman–Crippen LogP) is 3.91. The van der Waals surface area contributed by atoms with E-state index < -0.39 is 0 Å². The Labute approximate surface area is 200 Å². The molecule has 2 aromatic heterocycles. The van der Waals surface area contributed by atoms with Gasteiger partial charge in [-0.25, -0.2) is 9.50 Å². The Morgan fingerprint density at radius 2 is 1.85 bits per heavy atom. The summed E-state index contributed by atoms with van der Waals surface area (Å²) < 4.78 is 1.91. The average Bonchev–Trinajstić information content (AvgIpc) is 3.27. The van der Waals surface area contributed by atoms with Crippen LogP contribution in [0.4, 0.5) is 0 Å². The zero-order valence-electron chi connectivity index (χ0n) is 20.3. The maximum Gasteiger partial charge on any atom is 0.253 e. The molecule has 0 aliphatic carbocycles. The summed E-state index contributed by atoms with van der Waals surface area (Å²) >= 11 is 0. The highest BCUT2D eigenvalue weighted by atomic mass is 16.2. The van der Waals surface area contributed by atoms with Gasteiger partial charge in [0.25, 0.3) is 5.91 Å². The van der Waals surface area contributed by atoms with Crippen molar-refractivity contribution in [3.8, 4) is 0 Å². The molecule has 1 aliphatic rings. The highest BCUT2D eigenvalue weighted by Crippen LogP contribution is 2.29. The van der Waals surface area contributed by atoms with Gasteiger partial charge in [0.05, 0.1) is 5.69 Å². The maximum absolute atomic E-state index is 12.8. The Kier molecular flexibility index (Phi) is 7.10. The third-order valence-corrected chi connectivity index (χ3v) is 6.73. The number of carbonyl (C=O) groups excluding carboxylic acids is 2. The molecule has 0 bridgehead atoms. The predicted molar refractivity (Wildman–Crippen MR) is 133 cm³/mol. The number of carbonyl (C=O) groups is 2. The van der Waals surface area contributed by atoms with Crippen LogP contribution in [0.2, 0.25) is 0 Å². The van der Waals surface area contributed by atoms with Gasteiger partial charge < -0.3 is 10.2 Å². The number of hydrogen-bond donors (Lipinski definition) is 1. The molecule has 1 fully saturated rings. The molecule has 0 spiro atoms. The van der Waals surface area contributed by atoms with Gasteiger partial charge in [-0.1, -0.05) is 23.8 Å². The Morgan fingerprint density at radius 1 is 1.15 bits per heavy atom. The van der Waals surface area contributed by atoms with Crippen LogP contribution in [0.5, 0.6) is 0 Å². The van der Waals surface area contributed by atoms with Crippen molar-refractivity contribution in [3.05, 3.63) is 76.8 Å². The number of rotatable bonds is 7. The lowest BCUT2D eigenvalue weighted by molar-refractivity contribution is -0.120. The van der Waals surface area contributed by atoms with Crippen molar-refractivity contribution in [3.63, 3.8) is 0 Å². The van der Waals surface area contributed by atoms with E-state index >= 15 is 0 Å². The summed E-state index contributed by atoms with van der Waals surface area (Å²) in [6.07, 6.45) is 4.48. The number of aryl methyl sites for hydroxylation is 3. The Bertz CT molecular complexity index is 1200. The lowest BCUT2D eigenvalue weighted by atomic mass is 9.93. The number of nitrogens with one attached hydrogen (secondary N) is 1. The molecule has 7 heteroatoms. The fourth-order valence-electron chi connectivity index (χ4n) is 4.68. The van der Waals surface area contributed by atoms with E-state index in [-0.39, 0.29) is 11.8 Å². The van der Waals surface area contributed by atoms with Gasteiger partial charge >= 0.3 is 0 Å². The molecule has 2 amide bonds. The van der Waals surface area contributed by atoms with Crippen LogP contribution in [0.15, 0.2) is 43.0 Å². The minimum absolute atomic E-state index is 0.00638. The van der Waals surface area contributed by atoms with E-state index in [1.165, 1.54) is 0 Å². The summed E-state index contributed by atoms with van der Waals surface area (Å²) in [4.78, 5) is 31.6. The number of aromatic nitrogens is 3. The van der Waals surface area contributed by atoms with Crippen LogP contribution in [0.1, 0.15) is 63.7 Å². The zero-order chi connectivity index (χ0) is 24.2. The van der Waals surface area contributed by atoms with Gasteiger partial charge in [-0.2, -0.15) is 5.10 Å². The average molecular weight is 460 g/mol. The van der Waals surface area contributed by atoms with Crippen molar-refractivity contribution in [2.45, 2.75) is 52.4 Å². The van der Waals surface area contributed by atoms with Crippen LogP contribution in [0.25, 0.3) is 5.65 Å². The summed E-state index contributed by atoms with van der Waals surface area (Å²) in [5.74, 6) is 0.409. The van der Waals surface area contributed by atoms with Gasteiger partial charge in [-0.15, -0.1) is 6.58 Å². The molecule has 34 heavy (non-hydrogen) atoms. The van der Waals surface area contributed by atoms with Crippen LogP contribution in [0, 0.1) is 20.8 Å². The number of amides is 2. The first-order valence-corrected chi connectivity index (χ1v) is 12.0. The third kappa shape index (κ3) is 5.03. The molecular formula is C27H33N5O2. The second-order valence-electron chi connectivity index (χ2n) is 9.13. The topological polar surface area (TPSA) is 79.6 Å². The largest absolute Gasteiger partial charge is 0.353 e. The Hall–Kier alpha value is -3.48. The van der Waals surface area contributed by atoms with Crippen molar-refractivity contribution in [1.29, 1.82) is 0 Å². The van der Waals surface area contributed by atoms with Crippen LogP contribution in [0.3, 0.4) is 0 Å². The van der Waals surface area contributed by atoms with E-state index in [1.807, 2.05) is 54.5 Å². The molecule has 3 heterocycles. The molecule has 4 rings (SSSR count). The molecule has 0 radical (unpaired) electrons. The number of likely N-dealkylation sites (tertiary alicyclic amines) is 1. The SMILES string of the molecule is C=CCNC(=O)CCc1c(C)nc2cc(C3CCN(C(=O)c4ccc(C)cc4)CC3)nn2c1C. The number of benzene rings is 1. The molecule has 1 aromatic carbocycles. The summed E-state index contributed by atoms with van der Waals surface area (Å²) in [7, 11) is 0. The first-order chi connectivity index (χ1) is 16.4. The Balaban J connectivity index is 1.44. The molecule has 7 nitrogen and oxygen atoms in total. The van der Waals surface area contributed by atoms with E-state index in [1.54, 1.807) is 6.08 Å². The van der Waals surface area contributed by atoms with Crippen LogP contribution < -0.4 is 5.32 Å². The molecule has 0 saturated carbocycles. The van der Waals surface area contributed by atoms with Crippen molar-refractivity contribution >= 4 is 17.5 Å². The van der Waals surface area contributed by atoms with Crippen molar-refractivity contribution in [2.75, 3.05) is 19.6 Å². The van der Waals surface area contributed by atoms with Gasteiger partial charge in [0.1, 0.15) is 0 Å². The van der Waals surface area contributed by atoms with Crippen LogP contribution in [-0.4, -0.2) is 50.9 Å². The number of nitrogens with zero attached hydrogens (tertiary/aromatic N) is 4. The van der Waals surface area contributed by atoms with Gasteiger partial charge in [-0.05, 0) is 57.7 Å². The van der Waals surface area contributed by atoms with E-state index in [9.17, 15) is 9.59 Å². The maximum atomic E-state index is 12.8. The quantitative estimate of drug-likeness (QED) is 0.544. The fraction of sp³-hybridized carbons (Fsp3) is 0.407. The number of piperidine rings is 1. The van der Waals surface area contributed by atoms with E-state index in [0.29, 0.717) is 25.3 Å². The molecule has 0 unspecified atom stereocenters. The second kappa shape index (κ2) is 10.2. The van der Waals surface area contributed by atoms with E-state index in [2.05, 4.69) is 18.0 Å². The van der Waals surface area contributed by atoms with Crippen molar-refractivity contribution in [1.82, 2.24) is 24.8 Å². The normalized spacial score (nSPS) is 14.4. The summed E-state index contributed by atoms with van der Waals surface area (Å²) in [5.41, 5.74) is 6.79. The van der Waals surface area contributed by atoms with Crippen LogP contribution >= 0.6 is 0 Å². The lowest BCUT2D eigenvalue weighted by Gasteiger charge is -2.31. The van der Waals surface area contributed by atoms with Gasteiger partial charge in [0, 0.05) is 55.0 Å². The standard InChI is InChI=1S/C27H33N5O2/c1-5-14-28-26(33)11-10-23-19(3)29-25-17-24(30-32(25)20(23)4)21-12-15-31(16-13-21)27(34)22-8-6-18(2)7-9-22/h5-9,17,21H,1,10-16H2,2-4H3,(H,28,33). The summed E-state index contributed by atoms with van der Waals surface area (Å²) in [6.45, 7) is 11.6. The smallest absolute Gasteiger partial charge is 0.253 e. The minimum Gasteiger partial charge on any atom is -0.353 e. The van der Waals surface area contributed by atoms with Crippen molar-refractivity contribution in [2.24, 2.45) is 0 Å². The lowest BCUT2D eigenvalue weighted by Crippen LogP contribution is -2.38. The fourth-order valence-corrected chi connectivity index (χ4v) is 4.68. The van der Waals surface area contributed by atoms with E-state index in [0.717, 1.165) is 65.4 Å². The van der Waals surface area contributed by atoms with Gasteiger partial charge in [0.2, 0.25) is 5.91 Å². The second-order valence-corrected chi connectivity index (χ2v) is 9.13. The molecule has 178 valence electrons. The van der Waals surface area contributed by atoms with E-state index in [4.69, 9.17) is 10.1 Å². The molecular weight excluding hydrogens is 426 g/mol. The minimum atomic E-state index is 0.00638. The monoisotopic (exact) mass is 459 g/mol. The highest BCUT2D eigenvalue weighted by molar-refractivity contribution is 5.94. The molecule has 1 saturated heterocycles.